The molecule has 2 heteroatoms. The molecule has 0 heterocycles. The number of rotatable bonds is 13. The van der Waals surface area contributed by atoms with E-state index in [9.17, 15) is 4.79 Å². The Bertz CT molecular complexity index is 292. The van der Waals surface area contributed by atoms with Crippen LogP contribution >= 0.6 is 7.92 Å². The topological polar surface area (TPSA) is 17.1 Å². The van der Waals surface area contributed by atoms with E-state index < -0.39 is 0 Å². The molecule has 0 aromatic carbocycles. The number of carbonyl (C=O) groups excluding carboxylic acids is 1. The van der Waals surface area contributed by atoms with Crippen molar-refractivity contribution in [2.24, 2.45) is 0 Å². The second-order valence-electron chi connectivity index (χ2n) is 5.83. The molecule has 0 radical (unpaired) electrons. The van der Waals surface area contributed by atoms with E-state index >= 15 is 0 Å². The smallest absolute Gasteiger partial charge is 0.205 e. The summed E-state index contributed by atoms with van der Waals surface area (Å²) in [7, 11) is 0.231. The fourth-order valence-electron chi connectivity index (χ4n) is 2.25. The van der Waals surface area contributed by atoms with Crippen LogP contribution in [0.5, 0.6) is 0 Å². The van der Waals surface area contributed by atoms with E-state index in [-0.39, 0.29) is 13.7 Å². The van der Waals surface area contributed by atoms with E-state index in [1.807, 2.05) is 0 Å². The lowest BCUT2D eigenvalue weighted by Gasteiger charge is -2.16. The maximum absolute atomic E-state index is 11.5. The minimum Gasteiger partial charge on any atom is -0.285 e. The molecular formula is C19H35OP. The first-order valence-electron chi connectivity index (χ1n) is 8.98. The van der Waals surface area contributed by atoms with Crippen LogP contribution in [0, 0.1) is 11.8 Å². The third kappa shape index (κ3) is 14.4. The number of unbranched alkanes of at least 4 members (excludes halogenated alkanes) is 5. The SMILES string of the molecule is CCCCCC(=O)C#CCCCP(CCCC)CCCC. The van der Waals surface area contributed by atoms with Gasteiger partial charge in [-0.25, -0.2) is 0 Å². The number of ketones is 1. The van der Waals surface area contributed by atoms with Crippen molar-refractivity contribution in [1.82, 2.24) is 0 Å². The predicted molar refractivity (Wildman–Crippen MR) is 97.5 cm³/mol. The molecule has 0 aliphatic heterocycles. The van der Waals surface area contributed by atoms with Crippen molar-refractivity contribution in [1.29, 1.82) is 0 Å². The highest BCUT2D eigenvalue weighted by Crippen LogP contribution is 2.38. The van der Waals surface area contributed by atoms with Crippen LogP contribution in [0.15, 0.2) is 0 Å². The zero-order chi connectivity index (χ0) is 15.8. The maximum Gasteiger partial charge on any atom is 0.205 e. The number of carbonyl (C=O) groups is 1. The van der Waals surface area contributed by atoms with Crippen molar-refractivity contribution >= 4 is 13.7 Å². The van der Waals surface area contributed by atoms with Crippen LogP contribution in [0.25, 0.3) is 0 Å². The Morgan fingerprint density at radius 1 is 0.810 bits per heavy atom. The molecule has 1 nitrogen and oxygen atoms in total. The molecule has 0 N–H and O–H groups in total. The van der Waals surface area contributed by atoms with E-state index in [2.05, 4.69) is 32.6 Å². The highest BCUT2D eigenvalue weighted by Gasteiger charge is 2.06. The van der Waals surface area contributed by atoms with E-state index in [0.717, 1.165) is 19.3 Å². The molecule has 0 bridgehead atoms. The number of hydrogen-bond donors (Lipinski definition) is 0. The lowest BCUT2D eigenvalue weighted by molar-refractivity contribution is -0.113. The van der Waals surface area contributed by atoms with Gasteiger partial charge in [0.15, 0.2) is 0 Å². The number of hydrogen-bond acceptors (Lipinski definition) is 1. The summed E-state index contributed by atoms with van der Waals surface area (Å²) in [5, 5.41) is 0. The molecule has 0 rings (SSSR count). The van der Waals surface area contributed by atoms with Gasteiger partial charge in [-0.05, 0) is 50.1 Å². The van der Waals surface area contributed by atoms with E-state index in [4.69, 9.17) is 0 Å². The Morgan fingerprint density at radius 2 is 1.38 bits per heavy atom. The summed E-state index contributed by atoms with van der Waals surface area (Å²) < 4.78 is 0. The molecule has 0 spiro atoms. The fourth-order valence-corrected chi connectivity index (χ4v) is 5.05. The Hall–Kier alpha value is -0.340. The Kier molecular flexibility index (Phi) is 15.8. The van der Waals surface area contributed by atoms with E-state index in [1.165, 1.54) is 57.0 Å². The standard InChI is InChI=1S/C19H35OP/c1-4-7-11-14-19(20)15-12-10-13-18-21(16-8-5-2)17-9-6-3/h4-11,13-14,16-18H2,1-3H3. The molecule has 122 valence electrons. The van der Waals surface area contributed by atoms with Crippen molar-refractivity contribution in [2.45, 2.75) is 85.0 Å². The summed E-state index contributed by atoms with van der Waals surface area (Å²) in [5.41, 5.74) is 0. The van der Waals surface area contributed by atoms with Crippen LogP contribution in [-0.4, -0.2) is 24.3 Å². The minimum absolute atomic E-state index is 0.141. The minimum atomic E-state index is 0.141. The zero-order valence-electron chi connectivity index (χ0n) is 14.5. The van der Waals surface area contributed by atoms with Gasteiger partial charge < -0.3 is 0 Å². The Morgan fingerprint density at radius 3 is 1.95 bits per heavy atom. The Balaban J connectivity index is 3.79. The van der Waals surface area contributed by atoms with Gasteiger partial charge >= 0.3 is 0 Å². The Labute approximate surface area is 134 Å². The normalized spacial score (nSPS) is 10.5. The quantitative estimate of drug-likeness (QED) is 0.176. The van der Waals surface area contributed by atoms with Crippen molar-refractivity contribution in [2.75, 3.05) is 18.5 Å². The monoisotopic (exact) mass is 310 g/mol. The summed E-state index contributed by atoms with van der Waals surface area (Å²) >= 11 is 0. The van der Waals surface area contributed by atoms with Gasteiger partial charge in [-0.2, -0.15) is 0 Å². The van der Waals surface area contributed by atoms with Crippen molar-refractivity contribution in [3.05, 3.63) is 0 Å². The molecule has 0 atom stereocenters. The van der Waals surface area contributed by atoms with Crippen molar-refractivity contribution in [3.63, 3.8) is 0 Å². The third-order valence-electron chi connectivity index (χ3n) is 3.67. The summed E-state index contributed by atoms with van der Waals surface area (Å²) in [6, 6.07) is 0. The van der Waals surface area contributed by atoms with Crippen LogP contribution in [0.3, 0.4) is 0 Å². The van der Waals surface area contributed by atoms with Crippen LogP contribution < -0.4 is 0 Å². The first kappa shape index (κ1) is 20.7. The molecule has 0 aliphatic rings. The summed E-state index contributed by atoms with van der Waals surface area (Å²) in [6.45, 7) is 6.72. The molecule has 0 aliphatic carbocycles. The van der Waals surface area contributed by atoms with Gasteiger partial charge in [0.25, 0.3) is 0 Å². The molecule has 0 fully saturated rings. The molecule has 21 heavy (non-hydrogen) atoms. The van der Waals surface area contributed by atoms with Gasteiger partial charge in [-0.1, -0.05) is 52.4 Å². The molecule has 0 unspecified atom stereocenters. The van der Waals surface area contributed by atoms with Crippen molar-refractivity contribution in [3.8, 4) is 11.8 Å². The van der Waals surface area contributed by atoms with Crippen LogP contribution in [0.1, 0.15) is 85.0 Å². The second-order valence-corrected chi connectivity index (χ2v) is 8.52. The van der Waals surface area contributed by atoms with Gasteiger partial charge in [0, 0.05) is 12.8 Å². The van der Waals surface area contributed by atoms with Crippen LogP contribution in [0.4, 0.5) is 0 Å². The van der Waals surface area contributed by atoms with Crippen molar-refractivity contribution < 1.29 is 4.79 Å². The predicted octanol–water partition coefficient (Wildman–Crippen LogP) is 6.00. The maximum atomic E-state index is 11.5. The first-order chi connectivity index (χ1) is 10.2. The lowest BCUT2D eigenvalue weighted by atomic mass is 10.1. The van der Waals surface area contributed by atoms with Gasteiger partial charge in [0.1, 0.15) is 0 Å². The second kappa shape index (κ2) is 16.0. The van der Waals surface area contributed by atoms with Gasteiger partial charge in [-0.15, -0.1) is 7.92 Å². The molecule has 0 aromatic rings. The van der Waals surface area contributed by atoms with Crippen LogP contribution in [0.2, 0.25) is 0 Å². The zero-order valence-corrected chi connectivity index (χ0v) is 15.4. The molecule has 0 aromatic heterocycles. The van der Waals surface area contributed by atoms with E-state index in [1.54, 1.807) is 0 Å². The molecule has 0 saturated heterocycles. The van der Waals surface area contributed by atoms with Gasteiger partial charge in [0.2, 0.25) is 5.78 Å². The highest BCUT2D eigenvalue weighted by atomic mass is 31.1. The highest BCUT2D eigenvalue weighted by molar-refractivity contribution is 7.57. The average molecular weight is 310 g/mol. The molecule has 0 saturated carbocycles. The summed E-state index contributed by atoms with van der Waals surface area (Å²) in [5.74, 6) is 6.05. The number of Topliss-reactive ketones (excluding diaryl/α,β-unsaturated/α-hetero) is 1. The third-order valence-corrected chi connectivity index (χ3v) is 6.51. The van der Waals surface area contributed by atoms with Gasteiger partial charge in [0.05, 0.1) is 0 Å². The largest absolute Gasteiger partial charge is 0.285 e. The molecular weight excluding hydrogens is 275 g/mol. The van der Waals surface area contributed by atoms with Crippen LogP contribution in [-0.2, 0) is 4.79 Å². The first-order valence-corrected chi connectivity index (χ1v) is 10.9. The lowest BCUT2D eigenvalue weighted by Crippen LogP contribution is -1.96. The fraction of sp³-hybridized carbons (Fsp3) is 0.842. The van der Waals surface area contributed by atoms with E-state index in [0.29, 0.717) is 6.42 Å². The molecule has 0 amide bonds. The summed E-state index contributed by atoms with van der Waals surface area (Å²) in [6.07, 6.45) is 15.7. The summed E-state index contributed by atoms with van der Waals surface area (Å²) in [4.78, 5) is 11.5. The average Bonchev–Trinajstić information content (AvgIpc) is 2.49. The van der Waals surface area contributed by atoms with Gasteiger partial charge in [-0.3, -0.25) is 4.79 Å².